The average molecular weight is 246 g/mol. The molecule has 1 aromatic heterocycles. The van der Waals surface area contributed by atoms with Gasteiger partial charge >= 0.3 is 0 Å². The van der Waals surface area contributed by atoms with Gasteiger partial charge in [0.2, 0.25) is 5.78 Å². The van der Waals surface area contributed by atoms with Gasteiger partial charge in [0.15, 0.2) is 0 Å². The summed E-state index contributed by atoms with van der Waals surface area (Å²) in [5.74, 6) is 0.782. The van der Waals surface area contributed by atoms with E-state index in [0.29, 0.717) is 16.5 Å². The van der Waals surface area contributed by atoms with Gasteiger partial charge in [0.25, 0.3) is 0 Å². The van der Waals surface area contributed by atoms with E-state index in [2.05, 4.69) is 9.59 Å². The van der Waals surface area contributed by atoms with Crippen molar-refractivity contribution in [2.75, 3.05) is 0 Å². The van der Waals surface area contributed by atoms with Crippen molar-refractivity contribution in [3.05, 3.63) is 40.9 Å². The van der Waals surface area contributed by atoms with Crippen LogP contribution < -0.4 is 4.74 Å². The first-order valence-electron chi connectivity index (χ1n) is 5.42. The number of ether oxygens (including phenoxy) is 1. The van der Waals surface area contributed by atoms with Crippen LogP contribution in [0.25, 0.3) is 0 Å². The Labute approximate surface area is 102 Å². The molecule has 4 nitrogen and oxygen atoms in total. The van der Waals surface area contributed by atoms with Crippen molar-refractivity contribution < 1.29 is 9.53 Å². The molecular weight excluding hydrogens is 236 g/mol. The molecule has 1 saturated carbocycles. The van der Waals surface area contributed by atoms with E-state index in [4.69, 9.17) is 4.74 Å². The van der Waals surface area contributed by atoms with Crippen LogP contribution >= 0.6 is 11.5 Å². The highest BCUT2D eigenvalue weighted by Gasteiger charge is 2.23. The molecule has 0 amide bonds. The van der Waals surface area contributed by atoms with Crippen LogP contribution in [-0.4, -0.2) is 21.5 Å². The molecule has 0 atom stereocenters. The van der Waals surface area contributed by atoms with Gasteiger partial charge in [0.05, 0.1) is 12.3 Å². The minimum Gasteiger partial charge on any atom is -0.490 e. The summed E-state index contributed by atoms with van der Waals surface area (Å²) in [6, 6.07) is 7.22. The van der Waals surface area contributed by atoms with Crippen molar-refractivity contribution in [1.82, 2.24) is 9.59 Å². The van der Waals surface area contributed by atoms with Gasteiger partial charge in [0.1, 0.15) is 10.6 Å². The minimum atomic E-state index is -0.0435. The maximum Gasteiger partial charge on any atom is 0.206 e. The predicted molar refractivity (Wildman–Crippen MR) is 63.4 cm³/mol. The fraction of sp³-hybridized carbons (Fsp3) is 0.250. The SMILES string of the molecule is O=C(c1ccc(OC2CC2)cc1)c1cnns1. The second-order valence-electron chi connectivity index (χ2n) is 3.95. The molecule has 0 radical (unpaired) electrons. The molecule has 0 saturated heterocycles. The number of carbonyl (C=O) groups excluding carboxylic acids is 1. The highest BCUT2D eigenvalue weighted by molar-refractivity contribution is 7.08. The smallest absolute Gasteiger partial charge is 0.206 e. The number of carbonyl (C=O) groups is 1. The van der Waals surface area contributed by atoms with Gasteiger partial charge in [-0.3, -0.25) is 4.79 Å². The number of ketones is 1. The van der Waals surface area contributed by atoms with Crippen molar-refractivity contribution >= 4 is 17.3 Å². The summed E-state index contributed by atoms with van der Waals surface area (Å²) >= 11 is 1.11. The van der Waals surface area contributed by atoms with Crippen LogP contribution in [0.2, 0.25) is 0 Å². The van der Waals surface area contributed by atoms with Crippen LogP contribution in [-0.2, 0) is 0 Å². The van der Waals surface area contributed by atoms with Crippen LogP contribution in [0.15, 0.2) is 30.5 Å². The number of hydrogen-bond donors (Lipinski definition) is 0. The van der Waals surface area contributed by atoms with Gasteiger partial charge in [-0.05, 0) is 48.6 Å². The van der Waals surface area contributed by atoms with Gasteiger partial charge in [-0.15, -0.1) is 5.10 Å². The van der Waals surface area contributed by atoms with Crippen LogP contribution in [0.1, 0.15) is 28.1 Å². The van der Waals surface area contributed by atoms with Gasteiger partial charge < -0.3 is 4.74 Å². The van der Waals surface area contributed by atoms with Crippen LogP contribution in [0.3, 0.4) is 0 Å². The number of rotatable bonds is 4. The average Bonchev–Trinajstić information content (AvgIpc) is 3.00. The topological polar surface area (TPSA) is 52.1 Å². The lowest BCUT2D eigenvalue weighted by molar-refractivity contribution is 0.104. The molecule has 1 aliphatic carbocycles. The summed E-state index contributed by atoms with van der Waals surface area (Å²) in [5.41, 5.74) is 0.638. The van der Waals surface area contributed by atoms with E-state index >= 15 is 0 Å². The van der Waals surface area contributed by atoms with E-state index in [1.54, 1.807) is 12.1 Å². The Bertz CT molecular complexity index is 518. The fourth-order valence-electron chi connectivity index (χ4n) is 1.47. The Morgan fingerprint density at radius 1 is 1.29 bits per heavy atom. The first-order valence-corrected chi connectivity index (χ1v) is 6.19. The van der Waals surface area contributed by atoms with Gasteiger partial charge in [0, 0.05) is 5.56 Å². The summed E-state index contributed by atoms with van der Waals surface area (Å²) in [6.45, 7) is 0. The molecule has 5 heteroatoms. The Balaban J connectivity index is 1.77. The summed E-state index contributed by atoms with van der Waals surface area (Å²) in [4.78, 5) is 12.5. The molecule has 0 unspecified atom stereocenters. The van der Waals surface area contributed by atoms with E-state index in [1.165, 1.54) is 6.20 Å². The van der Waals surface area contributed by atoms with Gasteiger partial charge in [-0.25, -0.2) is 0 Å². The third kappa shape index (κ3) is 2.34. The molecule has 0 bridgehead atoms. The first-order chi connectivity index (χ1) is 8.33. The Morgan fingerprint density at radius 3 is 2.65 bits per heavy atom. The van der Waals surface area contributed by atoms with Crippen molar-refractivity contribution in [1.29, 1.82) is 0 Å². The zero-order valence-corrected chi connectivity index (χ0v) is 9.81. The van der Waals surface area contributed by atoms with Crippen LogP contribution in [0.4, 0.5) is 0 Å². The molecule has 1 fully saturated rings. The van der Waals surface area contributed by atoms with Crippen molar-refractivity contribution in [3.8, 4) is 5.75 Å². The van der Waals surface area contributed by atoms with Gasteiger partial charge in [-0.2, -0.15) is 0 Å². The molecule has 1 aliphatic rings. The van der Waals surface area contributed by atoms with Crippen LogP contribution in [0.5, 0.6) is 5.75 Å². The number of nitrogens with zero attached hydrogens (tertiary/aromatic N) is 2. The number of hydrogen-bond acceptors (Lipinski definition) is 5. The largest absolute Gasteiger partial charge is 0.490 e. The Kier molecular flexibility index (Phi) is 2.60. The van der Waals surface area contributed by atoms with E-state index in [9.17, 15) is 4.79 Å². The maximum absolute atomic E-state index is 11.9. The lowest BCUT2D eigenvalue weighted by Crippen LogP contribution is -2.00. The number of aromatic nitrogens is 2. The third-order valence-electron chi connectivity index (χ3n) is 2.53. The van der Waals surface area contributed by atoms with E-state index in [-0.39, 0.29) is 5.78 Å². The molecular formula is C12H10N2O2S. The monoisotopic (exact) mass is 246 g/mol. The van der Waals surface area contributed by atoms with Crippen molar-refractivity contribution in [2.45, 2.75) is 18.9 Å². The van der Waals surface area contributed by atoms with Crippen molar-refractivity contribution in [3.63, 3.8) is 0 Å². The fourth-order valence-corrected chi connectivity index (χ4v) is 1.95. The molecule has 86 valence electrons. The molecule has 1 aromatic carbocycles. The highest BCUT2D eigenvalue weighted by Crippen LogP contribution is 2.27. The summed E-state index contributed by atoms with van der Waals surface area (Å²) in [6.07, 6.45) is 4.13. The second-order valence-corrected chi connectivity index (χ2v) is 4.74. The molecule has 0 N–H and O–H groups in total. The first kappa shape index (κ1) is 10.4. The minimum absolute atomic E-state index is 0.0435. The molecule has 1 heterocycles. The normalized spacial score (nSPS) is 14.6. The number of benzene rings is 1. The van der Waals surface area contributed by atoms with E-state index in [0.717, 1.165) is 30.1 Å². The van der Waals surface area contributed by atoms with Gasteiger partial charge in [-0.1, -0.05) is 4.49 Å². The summed E-state index contributed by atoms with van der Waals surface area (Å²) in [5, 5.41) is 3.66. The lowest BCUT2D eigenvalue weighted by Gasteiger charge is -2.04. The quantitative estimate of drug-likeness (QED) is 0.777. The Morgan fingerprint density at radius 2 is 2.06 bits per heavy atom. The molecule has 3 rings (SSSR count). The zero-order chi connectivity index (χ0) is 11.7. The maximum atomic E-state index is 11.9. The van der Waals surface area contributed by atoms with Crippen molar-refractivity contribution in [2.24, 2.45) is 0 Å². The van der Waals surface area contributed by atoms with E-state index in [1.807, 2.05) is 12.1 Å². The highest BCUT2D eigenvalue weighted by atomic mass is 32.1. The summed E-state index contributed by atoms with van der Waals surface area (Å²) in [7, 11) is 0. The molecule has 17 heavy (non-hydrogen) atoms. The molecule has 0 spiro atoms. The standard InChI is InChI=1S/C12H10N2O2S/c15-12(11-7-13-14-17-11)8-1-3-9(4-2-8)16-10-5-6-10/h1-4,7,10H,5-6H2. The zero-order valence-electron chi connectivity index (χ0n) is 9.00. The van der Waals surface area contributed by atoms with E-state index < -0.39 is 0 Å². The second kappa shape index (κ2) is 4.25. The lowest BCUT2D eigenvalue weighted by atomic mass is 10.1. The predicted octanol–water partition coefficient (Wildman–Crippen LogP) is 2.31. The molecule has 2 aromatic rings. The van der Waals surface area contributed by atoms with Crippen LogP contribution in [0, 0.1) is 0 Å². The summed E-state index contributed by atoms with van der Waals surface area (Å²) < 4.78 is 9.30. The Hall–Kier alpha value is -1.75. The third-order valence-corrected chi connectivity index (χ3v) is 3.19. The molecule has 0 aliphatic heterocycles.